The standard InChI is InChI=1S/C15H26OSi/c1-10-7-6-8-13(16)15-11(2)14(9-12(10)15)17(3,4)5/h10,12,15H,6-9H2,1-5H3/t10-,12+,15+/m0/s1. The number of fused-ring (bicyclic) bond motifs is 1. The molecule has 0 amide bonds. The van der Waals surface area contributed by atoms with E-state index < -0.39 is 8.07 Å². The first-order valence-corrected chi connectivity index (χ1v) is 10.5. The van der Waals surface area contributed by atoms with Crippen molar-refractivity contribution in [3.63, 3.8) is 0 Å². The average molecular weight is 250 g/mol. The fraction of sp³-hybridized carbons (Fsp3) is 0.800. The maximum absolute atomic E-state index is 12.3. The third kappa shape index (κ3) is 2.29. The minimum Gasteiger partial charge on any atom is -0.299 e. The maximum atomic E-state index is 12.3. The zero-order valence-electron chi connectivity index (χ0n) is 12.0. The molecule has 2 heteroatoms. The van der Waals surface area contributed by atoms with Gasteiger partial charge in [0.2, 0.25) is 0 Å². The lowest BCUT2D eigenvalue weighted by Gasteiger charge is -2.23. The van der Waals surface area contributed by atoms with Crippen LogP contribution in [0.2, 0.25) is 19.6 Å². The van der Waals surface area contributed by atoms with Gasteiger partial charge < -0.3 is 0 Å². The largest absolute Gasteiger partial charge is 0.299 e. The minimum atomic E-state index is -1.22. The lowest BCUT2D eigenvalue weighted by Crippen LogP contribution is -2.24. The molecule has 0 radical (unpaired) electrons. The van der Waals surface area contributed by atoms with E-state index in [1.807, 2.05) is 0 Å². The molecule has 0 heterocycles. The molecule has 0 spiro atoms. The first-order chi connectivity index (χ1) is 7.82. The molecular formula is C15H26OSi. The van der Waals surface area contributed by atoms with Crippen molar-refractivity contribution in [2.75, 3.05) is 0 Å². The number of hydrogen-bond acceptors (Lipinski definition) is 1. The molecular weight excluding hydrogens is 224 g/mol. The highest BCUT2D eigenvalue weighted by atomic mass is 28.3. The van der Waals surface area contributed by atoms with E-state index in [9.17, 15) is 4.79 Å². The minimum absolute atomic E-state index is 0.286. The van der Waals surface area contributed by atoms with E-state index in [1.54, 1.807) is 5.20 Å². The lowest BCUT2D eigenvalue weighted by atomic mass is 9.81. The van der Waals surface area contributed by atoms with Gasteiger partial charge in [-0.05, 0) is 38.0 Å². The van der Waals surface area contributed by atoms with Crippen molar-refractivity contribution in [3.8, 4) is 0 Å². The Morgan fingerprint density at radius 2 is 1.88 bits per heavy atom. The first-order valence-electron chi connectivity index (χ1n) is 7.05. The molecule has 0 aromatic carbocycles. The Balaban J connectivity index is 2.37. The van der Waals surface area contributed by atoms with E-state index in [-0.39, 0.29) is 5.92 Å². The Labute approximate surface area is 107 Å². The van der Waals surface area contributed by atoms with Crippen molar-refractivity contribution in [1.29, 1.82) is 0 Å². The van der Waals surface area contributed by atoms with Crippen molar-refractivity contribution < 1.29 is 4.79 Å². The van der Waals surface area contributed by atoms with Crippen LogP contribution in [0.15, 0.2) is 10.8 Å². The van der Waals surface area contributed by atoms with Gasteiger partial charge in [-0.3, -0.25) is 4.79 Å². The molecule has 2 aliphatic rings. The molecule has 0 bridgehead atoms. The molecule has 17 heavy (non-hydrogen) atoms. The molecule has 2 aliphatic carbocycles. The number of carbonyl (C=O) groups is 1. The van der Waals surface area contributed by atoms with E-state index in [0.717, 1.165) is 18.8 Å². The van der Waals surface area contributed by atoms with E-state index in [1.165, 1.54) is 18.4 Å². The van der Waals surface area contributed by atoms with Gasteiger partial charge in [0.25, 0.3) is 0 Å². The molecule has 0 aromatic rings. The topological polar surface area (TPSA) is 17.1 Å². The Kier molecular flexibility index (Phi) is 3.37. The van der Waals surface area contributed by atoms with Gasteiger partial charge in [0.1, 0.15) is 5.78 Å². The molecule has 0 aromatic heterocycles. The highest BCUT2D eigenvalue weighted by Gasteiger charge is 2.43. The Hall–Kier alpha value is -0.373. The SMILES string of the molecule is CC1=C([Si](C)(C)C)C[C@H]2[C@@H]1C(=O)CCC[C@@H]2C. The summed E-state index contributed by atoms with van der Waals surface area (Å²) in [7, 11) is -1.22. The summed E-state index contributed by atoms with van der Waals surface area (Å²) >= 11 is 0. The number of rotatable bonds is 1. The molecule has 0 N–H and O–H groups in total. The maximum Gasteiger partial charge on any atom is 0.140 e. The summed E-state index contributed by atoms with van der Waals surface area (Å²) < 4.78 is 0. The van der Waals surface area contributed by atoms with Crippen molar-refractivity contribution >= 4 is 13.9 Å². The zero-order valence-corrected chi connectivity index (χ0v) is 13.0. The summed E-state index contributed by atoms with van der Waals surface area (Å²) in [5.41, 5.74) is 1.47. The van der Waals surface area contributed by atoms with Crippen LogP contribution in [0.4, 0.5) is 0 Å². The molecule has 1 nitrogen and oxygen atoms in total. The quantitative estimate of drug-likeness (QED) is 0.637. The number of allylic oxidation sites excluding steroid dienone is 2. The number of ketones is 1. The highest BCUT2D eigenvalue weighted by molar-refractivity contribution is 6.83. The Morgan fingerprint density at radius 3 is 2.47 bits per heavy atom. The first kappa shape index (κ1) is 13.1. The second-order valence-corrected chi connectivity index (χ2v) is 12.2. The highest BCUT2D eigenvalue weighted by Crippen LogP contribution is 2.47. The zero-order chi connectivity index (χ0) is 12.8. The predicted octanol–water partition coefficient (Wildman–Crippen LogP) is 4.21. The van der Waals surface area contributed by atoms with Gasteiger partial charge in [0.15, 0.2) is 0 Å². The van der Waals surface area contributed by atoms with Gasteiger partial charge in [-0.2, -0.15) is 0 Å². The Bertz CT molecular complexity index is 362. The smallest absolute Gasteiger partial charge is 0.140 e. The summed E-state index contributed by atoms with van der Waals surface area (Å²) in [6.45, 7) is 11.9. The second-order valence-electron chi connectivity index (χ2n) is 7.09. The van der Waals surface area contributed by atoms with E-state index in [2.05, 4.69) is 33.5 Å². The molecule has 96 valence electrons. The second kappa shape index (κ2) is 4.38. The van der Waals surface area contributed by atoms with Crippen LogP contribution < -0.4 is 0 Å². The van der Waals surface area contributed by atoms with Crippen LogP contribution in [0.5, 0.6) is 0 Å². The van der Waals surface area contributed by atoms with E-state index in [0.29, 0.717) is 11.7 Å². The Morgan fingerprint density at radius 1 is 1.24 bits per heavy atom. The third-order valence-electron chi connectivity index (χ3n) is 4.88. The van der Waals surface area contributed by atoms with Crippen molar-refractivity contribution in [1.82, 2.24) is 0 Å². The number of Topliss-reactive ketones (excluding diaryl/α,β-unsaturated/α-hetero) is 1. The molecule has 0 unspecified atom stereocenters. The predicted molar refractivity (Wildman–Crippen MR) is 75.7 cm³/mol. The molecule has 0 saturated heterocycles. The fourth-order valence-corrected chi connectivity index (χ4v) is 6.09. The van der Waals surface area contributed by atoms with Gasteiger partial charge in [-0.25, -0.2) is 0 Å². The van der Waals surface area contributed by atoms with Gasteiger partial charge in [-0.15, -0.1) is 0 Å². The third-order valence-corrected chi connectivity index (χ3v) is 7.29. The van der Waals surface area contributed by atoms with Crippen LogP contribution in [-0.2, 0) is 4.79 Å². The normalized spacial score (nSPS) is 34.9. The monoisotopic (exact) mass is 250 g/mol. The number of hydrogen-bond donors (Lipinski definition) is 0. The molecule has 2 rings (SSSR count). The van der Waals surface area contributed by atoms with Crippen LogP contribution >= 0.6 is 0 Å². The number of carbonyl (C=O) groups excluding carboxylic acids is 1. The summed E-state index contributed by atoms with van der Waals surface area (Å²) in [5, 5.41) is 1.69. The lowest BCUT2D eigenvalue weighted by molar-refractivity contribution is -0.122. The van der Waals surface area contributed by atoms with E-state index in [4.69, 9.17) is 0 Å². The van der Waals surface area contributed by atoms with Crippen molar-refractivity contribution in [2.45, 2.75) is 59.2 Å². The molecule has 1 fully saturated rings. The molecule has 0 aliphatic heterocycles. The van der Waals surface area contributed by atoms with E-state index >= 15 is 0 Å². The van der Waals surface area contributed by atoms with Gasteiger partial charge in [-0.1, -0.05) is 37.3 Å². The summed E-state index contributed by atoms with van der Waals surface area (Å²) in [6.07, 6.45) is 4.41. The van der Waals surface area contributed by atoms with Crippen molar-refractivity contribution in [2.24, 2.45) is 17.8 Å². The molecule has 1 saturated carbocycles. The van der Waals surface area contributed by atoms with Gasteiger partial charge >= 0.3 is 0 Å². The van der Waals surface area contributed by atoms with Crippen molar-refractivity contribution in [3.05, 3.63) is 10.8 Å². The summed E-state index contributed by atoms with van der Waals surface area (Å²) in [4.78, 5) is 12.3. The average Bonchev–Trinajstić information content (AvgIpc) is 2.47. The van der Waals surface area contributed by atoms with Crippen LogP contribution in [0.1, 0.15) is 39.5 Å². The van der Waals surface area contributed by atoms with Crippen LogP contribution in [0, 0.1) is 17.8 Å². The molecule has 3 atom stereocenters. The van der Waals surface area contributed by atoms with Crippen LogP contribution in [-0.4, -0.2) is 13.9 Å². The van der Waals surface area contributed by atoms with Crippen LogP contribution in [0.3, 0.4) is 0 Å². The van der Waals surface area contributed by atoms with Gasteiger partial charge in [0.05, 0.1) is 8.07 Å². The van der Waals surface area contributed by atoms with Crippen LogP contribution in [0.25, 0.3) is 0 Å². The van der Waals surface area contributed by atoms with Gasteiger partial charge in [0, 0.05) is 12.3 Å². The fourth-order valence-electron chi connectivity index (χ4n) is 3.90. The summed E-state index contributed by atoms with van der Waals surface area (Å²) in [5.74, 6) is 2.18. The summed E-state index contributed by atoms with van der Waals surface area (Å²) in [6, 6.07) is 0.